The molecule has 0 bridgehead atoms. The average molecular weight is 527 g/mol. The van der Waals surface area contributed by atoms with E-state index in [1.165, 1.54) is 24.3 Å². The molecule has 2 aliphatic heterocycles. The maximum atomic E-state index is 12.9. The van der Waals surface area contributed by atoms with Crippen LogP contribution in [-0.2, 0) is 32.1 Å². The fourth-order valence-electron chi connectivity index (χ4n) is 3.92. The van der Waals surface area contributed by atoms with Gasteiger partial charge in [0.15, 0.2) is 0 Å². The molecule has 2 heterocycles. The minimum atomic E-state index is -1.35. The smallest absolute Gasteiger partial charge is 0.480 e. The van der Waals surface area contributed by atoms with Crippen LogP contribution < -0.4 is 26.9 Å². The minimum Gasteiger partial charge on any atom is -0.480 e. The number of carboxylic acid groups (broad SMARTS) is 1. The lowest BCUT2D eigenvalue weighted by Crippen LogP contribution is -2.56. The molecule has 2 aromatic carbocycles. The lowest BCUT2D eigenvalue weighted by atomic mass is 9.78. The number of amides is 3. The van der Waals surface area contributed by atoms with E-state index in [-0.39, 0.29) is 36.6 Å². The summed E-state index contributed by atoms with van der Waals surface area (Å²) in [6.07, 6.45) is 0. The molecule has 2 aromatic rings. The van der Waals surface area contributed by atoms with Crippen molar-refractivity contribution in [2.75, 3.05) is 12.3 Å². The SMILES string of the molecule is O=C(NC[C@@H](NC(=O)c1ccc2c(c1)B(O)OC2)C(=O)N[C@@H](CS)C(=O)O)c1ccc2c(c1)B(O)OC2. The maximum Gasteiger partial charge on any atom is 0.491 e. The van der Waals surface area contributed by atoms with Crippen LogP contribution in [0.2, 0.25) is 0 Å². The molecule has 12 nitrogen and oxygen atoms in total. The van der Waals surface area contributed by atoms with Crippen LogP contribution in [0.25, 0.3) is 0 Å². The third-order valence-corrected chi connectivity index (χ3v) is 6.39. The molecular formula is C22H23B2N3O9S. The molecule has 3 amide bonds. The van der Waals surface area contributed by atoms with Crippen LogP contribution in [0, 0.1) is 0 Å². The van der Waals surface area contributed by atoms with Gasteiger partial charge in [-0.15, -0.1) is 0 Å². The lowest BCUT2D eigenvalue weighted by molar-refractivity contribution is -0.141. The summed E-state index contributed by atoms with van der Waals surface area (Å²) in [5, 5.41) is 36.4. The van der Waals surface area contributed by atoms with Gasteiger partial charge in [-0.3, -0.25) is 14.4 Å². The van der Waals surface area contributed by atoms with Crippen LogP contribution in [0.5, 0.6) is 0 Å². The fraction of sp³-hybridized carbons (Fsp3) is 0.273. The van der Waals surface area contributed by atoms with Gasteiger partial charge in [-0.05, 0) is 46.3 Å². The maximum absolute atomic E-state index is 12.9. The molecule has 2 atom stereocenters. The predicted molar refractivity (Wildman–Crippen MR) is 135 cm³/mol. The number of nitrogens with one attached hydrogen (secondary N) is 3. The van der Waals surface area contributed by atoms with E-state index in [0.29, 0.717) is 16.5 Å². The molecule has 15 heteroatoms. The monoisotopic (exact) mass is 527 g/mol. The van der Waals surface area contributed by atoms with Crippen LogP contribution in [0.3, 0.4) is 0 Å². The molecule has 6 N–H and O–H groups in total. The van der Waals surface area contributed by atoms with Crippen molar-refractivity contribution in [2.24, 2.45) is 0 Å². The van der Waals surface area contributed by atoms with Crippen molar-refractivity contribution in [1.82, 2.24) is 16.0 Å². The molecule has 0 aliphatic carbocycles. The molecule has 0 aromatic heterocycles. The number of rotatable bonds is 9. The van der Waals surface area contributed by atoms with Gasteiger partial charge in [0.1, 0.15) is 12.1 Å². The molecule has 37 heavy (non-hydrogen) atoms. The van der Waals surface area contributed by atoms with E-state index in [9.17, 15) is 34.3 Å². The Bertz CT molecular complexity index is 1250. The number of hydrogen-bond donors (Lipinski definition) is 7. The quantitative estimate of drug-likeness (QED) is 0.133. The molecule has 0 saturated heterocycles. The van der Waals surface area contributed by atoms with E-state index in [4.69, 9.17) is 9.31 Å². The summed E-state index contributed by atoms with van der Waals surface area (Å²) in [7, 11) is -2.32. The first-order valence-corrected chi connectivity index (χ1v) is 11.9. The Hall–Kier alpha value is -3.36. The van der Waals surface area contributed by atoms with Crippen molar-refractivity contribution < 1.29 is 43.6 Å². The van der Waals surface area contributed by atoms with Crippen molar-refractivity contribution in [3.8, 4) is 0 Å². The zero-order chi connectivity index (χ0) is 26.7. The van der Waals surface area contributed by atoms with Gasteiger partial charge in [0.25, 0.3) is 11.8 Å². The number of benzene rings is 2. The Labute approximate surface area is 217 Å². The van der Waals surface area contributed by atoms with Gasteiger partial charge in [0.2, 0.25) is 5.91 Å². The van der Waals surface area contributed by atoms with E-state index in [0.717, 1.165) is 5.56 Å². The Balaban J connectivity index is 1.49. The normalized spacial score (nSPS) is 15.4. The zero-order valence-electron chi connectivity index (χ0n) is 19.3. The number of hydrogen-bond acceptors (Lipinski definition) is 9. The highest BCUT2D eigenvalue weighted by atomic mass is 32.1. The Morgan fingerprint density at radius 1 is 0.865 bits per heavy atom. The second-order valence-corrected chi connectivity index (χ2v) is 8.84. The van der Waals surface area contributed by atoms with E-state index in [1.54, 1.807) is 12.1 Å². The summed E-state index contributed by atoms with van der Waals surface area (Å²) >= 11 is 3.92. The Morgan fingerprint density at radius 3 is 1.92 bits per heavy atom. The number of aliphatic carboxylic acids is 1. The number of carbonyl (C=O) groups is 4. The summed E-state index contributed by atoms with van der Waals surface area (Å²) in [6.45, 7) is 0.0398. The van der Waals surface area contributed by atoms with Gasteiger partial charge in [0.05, 0.1) is 13.2 Å². The summed E-state index contributed by atoms with van der Waals surface area (Å²) in [4.78, 5) is 49.9. The number of fused-ring (bicyclic) bond motifs is 2. The first-order chi connectivity index (χ1) is 17.7. The fourth-order valence-corrected chi connectivity index (χ4v) is 4.16. The van der Waals surface area contributed by atoms with Crippen molar-refractivity contribution in [3.05, 3.63) is 58.7 Å². The van der Waals surface area contributed by atoms with Crippen molar-refractivity contribution in [2.45, 2.75) is 25.3 Å². The van der Waals surface area contributed by atoms with Gasteiger partial charge in [-0.1, -0.05) is 12.1 Å². The molecule has 192 valence electrons. The topological polar surface area (TPSA) is 184 Å². The van der Waals surface area contributed by atoms with Crippen molar-refractivity contribution >= 4 is 61.5 Å². The van der Waals surface area contributed by atoms with Gasteiger partial charge in [-0.2, -0.15) is 12.6 Å². The van der Waals surface area contributed by atoms with Gasteiger partial charge in [-0.25, -0.2) is 4.79 Å². The highest BCUT2D eigenvalue weighted by molar-refractivity contribution is 7.80. The Kier molecular flexibility index (Phi) is 8.19. The van der Waals surface area contributed by atoms with Crippen LogP contribution >= 0.6 is 12.6 Å². The molecular weight excluding hydrogens is 504 g/mol. The van der Waals surface area contributed by atoms with Crippen LogP contribution in [0.15, 0.2) is 36.4 Å². The van der Waals surface area contributed by atoms with Gasteiger partial charge >= 0.3 is 20.2 Å². The van der Waals surface area contributed by atoms with Crippen LogP contribution in [-0.4, -0.2) is 77.5 Å². The van der Waals surface area contributed by atoms with E-state index < -0.39 is 50.0 Å². The van der Waals surface area contributed by atoms with Gasteiger partial charge < -0.3 is 40.4 Å². The molecule has 4 rings (SSSR count). The minimum absolute atomic E-state index is 0.129. The molecule has 0 spiro atoms. The molecule has 0 fully saturated rings. The first kappa shape index (κ1) is 26.7. The number of carboxylic acids is 1. The summed E-state index contributed by atoms with van der Waals surface area (Å²) < 4.78 is 10.2. The second kappa shape index (κ2) is 11.4. The average Bonchev–Trinajstić information content (AvgIpc) is 3.45. The number of thiol groups is 1. The van der Waals surface area contributed by atoms with E-state index >= 15 is 0 Å². The van der Waals surface area contributed by atoms with Crippen LogP contribution in [0.4, 0.5) is 0 Å². The van der Waals surface area contributed by atoms with Crippen LogP contribution in [0.1, 0.15) is 31.8 Å². The summed E-state index contributed by atoms with van der Waals surface area (Å²) in [5.74, 6) is -3.64. The molecule has 2 aliphatic rings. The van der Waals surface area contributed by atoms with Gasteiger partial charge in [0, 0.05) is 23.4 Å². The molecule has 0 unspecified atom stereocenters. The zero-order valence-corrected chi connectivity index (χ0v) is 20.2. The van der Waals surface area contributed by atoms with Crippen molar-refractivity contribution in [1.29, 1.82) is 0 Å². The summed E-state index contributed by atoms with van der Waals surface area (Å²) in [6, 6.07) is 6.51. The van der Waals surface area contributed by atoms with E-state index in [2.05, 4.69) is 28.6 Å². The third kappa shape index (κ3) is 5.97. The number of carbonyl (C=O) groups excluding carboxylic acids is 3. The molecule has 0 radical (unpaired) electrons. The highest BCUT2D eigenvalue weighted by Crippen LogP contribution is 2.13. The van der Waals surface area contributed by atoms with E-state index in [1.807, 2.05) is 0 Å². The predicted octanol–water partition coefficient (Wildman–Crippen LogP) is -2.85. The molecule has 0 saturated carbocycles. The van der Waals surface area contributed by atoms with Crippen molar-refractivity contribution in [3.63, 3.8) is 0 Å². The first-order valence-electron chi connectivity index (χ1n) is 11.3. The highest BCUT2D eigenvalue weighted by Gasteiger charge is 2.31. The third-order valence-electron chi connectivity index (χ3n) is 6.03. The lowest BCUT2D eigenvalue weighted by Gasteiger charge is -2.21. The largest absolute Gasteiger partial charge is 0.491 e. The Morgan fingerprint density at radius 2 is 1.41 bits per heavy atom. The second-order valence-electron chi connectivity index (χ2n) is 8.47. The standard InChI is InChI=1S/C22H23B2N3O9S/c28-19(11-1-3-13-8-35-23(33)15(13)5-11)25-7-17(21(30)27-18(10-37)22(31)32)26-20(29)12-2-4-14-9-36-24(34)16(14)6-12/h1-6,17-18,33-34,37H,7-10H2,(H,25,28)(H,26,29)(H,27,30)(H,31,32)/t17-,18+/m1/s1. The summed E-state index contributed by atoms with van der Waals surface area (Å²) in [5.41, 5.74) is 2.66.